The van der Waals surface area contributed by atoms with E-state index in [1.165, 1.54) is 19.2 Å². The van der Waals surface area contributed by atoms with Gasteiger partial charge in [-0.2, -0.15) is 0 Å². The quantitative estimate of drug-likeness (QED) is 0.841. The molecule has 0 fully saturated rings. The van der Waals surface area contributed by atoms with Crippen LogP contribution < -0.4 is 10.5 Å². The van der Waals surface area contributed by atoms with Gasteiger partial charge in [-0.05, 0) is 34.7 Å². The molecule has 0 saturated heterocycles. The third-order valence-electron chi connectivity index (χ3n) is 1.51. The van der Waals surface area contributed by atoms with E-state index in [0.29, 0.717) is 3.57 Å². The van der Waals surface area contributed by atoms with Gasteiger partial charge in [0.1, 0.15) is 0 Å². The van der Waals surface area contributed by atoms with Crippen LogP contribution in [0.3, 0.4) is 0 Å². The Morgan fingerprint density at radius 1 is 1.62 bits per heavy atom. The van der Waals surface area contributed by atoms with Gasteiger partial charge in [0, 0.05) is 3.57 Å². The maximum Gasteiger partial charge on any atom is 0.253 e. The minimum Gasteiger partial charge on any atom is -0.493 e. The summed E-state index contributed by atoms with van der Waals surface area (Å²) in [5.74, 6) is -1.38. The van der Waals surface area contributed by atoms with Crippen LogP contribution >= 0.6 is 22.6 Å². The van der Waals surface area contributed by atoms with Crippen molar-refractivity contribution >= 4 is 28.5 Å². The standard InChI is InChI=1S/C8H7FINO2/c1-13-7-4(9)2-3-5(10)6(7)8(11)12/h2-3H,1H3,(H2,11,12). The number of primary amides is 1. The maximum atomic E-state index is 13.1. The predicted molar refractivity (Wildman–Crippen MR) is 54.2 cm³/mol. The van der Waals surface area contributed by atoms with E-state index in [4.69, 9.17) is 10.5 Å². The number of amides is 1. The van der Waals surface area contributed by atoms with Crippen LogP contribution in [0.1, 0.15) is 10.4 Å². The molecule has 2 N–H and O–H groups in total. The maximum absolute atomic E-state index is 13.1. The molecule has 0 heterocycles. The van der Waals surface area contributed by atoms with Crippen LogP contribution in [-0.4, -0.2) is 13.0 Å². The first-order valence-corrected chi connectivity index (χ1v) is 4.47. The number of hydrogen-bond acceptors (Lipinski definition) is 2. The van der Waals surface area contributed by atoms with E-state index >= 15 is 0 Å². The lowest BCUT2D eigenvalue weighted by Crippen LogP contribution is -2.15. The molecule has 0 saturated carbocycles. The third-order valence-corrected chi connectivity index (χ3v) is 2.41. The summed E-state index contributed by atoms with van der Waals surface area (Å²) in [4.78, 5) is 10.9. The molecular weight excluding hydrogens is 288 g/mol. The summed E-state index contributed by atoms with van der Waals surface area (Å²) in [5.41, 5.74) is 5.16. The summed E-state index contributed by atoms with van der Waals surface area (Å²) < 4.78 is 18.4. The van der Waals surface area contributed by atoms with Gasteiger partial charge in [-0.25, -0.2) is 4.39 Å². The summed E-state index contributed by atoms with van der Waals surface area (Å²) in [6.45, 7) is 0. The smallest absolute Gasteiger partial charge is 0.253 e. The van der Waals surface area contributed by atoms with E-state index in [0.717, 1.165) is 0 Å². The van der Waals surface area contributed by atoms with Crippen LogP contribution in [0, 0.1) is 9.39 Å². The van der Waals surface area contributed by atoms with E-state index in [9.17, 15) is 9.18 Å². The molecule has 0 aliphatic carbocycles. The normalized spacial score (nSPS) is 9.77. The molecule has 0 spiro atoms. The van der Waals surface area contributed by atoms with E-state index in [2.05, 4.69) is 0 Å². The minimum absolute atomic E-state index is 0.0862. The summed E-state index contributed by atoms with van der Waals surface area (Å²) in [6, 6.07) is 2.70. The first kappa shape index (κ1) is 10.2. The molecule has 0 unspecified atom stereocenters. The SMILES string of the molecule is COc1c(F)ccc(I)c1C(N)=O. The second kappa shape index (κ2) is 3.91. The molecule has 3 nitrogen and oxygen atoms in total. The number of hydrogen-bond donors (Lipinski definition) is 1. The Hall–Kier alpha value is -0.850. The highest BCUT2D eigenvalue weighted by Crippen LogP contribution is 2.26. The summed E-state index contributed by atoms with van der Waals surface area (Å²) in [7, 11) is 1.29. The van der Waals surface area contributed by atoms with E-state index < -0.39 is 11.7 Å². The monoisotopic (exact) mass is 295 g/mol. The van der Waals surface area contributed by atoms with Crippen molar-refractivity contribution in [2.75, 3.05) is 7.11 Å². The Morgan fingerprint density at radius 3 is 2.62 bits per heavy atom. The van der Waals surface area contributed by atoms with Gasteiger partial charge < -0.3 is 10.5 Å². The van der Waals surface area contributed by atoms with Crippen molar-refractivity contribution < 1.29 is 13.9 Å². The van der Waals surface area contributed by atoms with Gasteiger partial charge in [0.05, 0.1) is 12.7 Å². The van der Waals surface area contributed by atoms with Crippen molar-refractivity contribution in [1.82, 2.24) is 0 Å². The Labute approximate surface area is 88.2 Å². The molecule has 1 rings (SSSR count). The highest BCUT2D eigenvalue weighted by Gasteiger charge is 2.16. The molecule has 0 bridgehead atoms. The van der Waals surface area contributed by atoms with Crippen molar-refractivity contribution in [3.8, 4) is 5.75 Å². The number of ether oxygens (including phenoxy) is 1. The fourth-order valence-electron chi connectivity index (χ4n) is 0.962. The number of benzene rings is 1. The lowest BCUT2D eigenvalue weighted by Gasteiger charge is -2.07. The third kappa shape index (κ3) is 1.90. The molecule has 1 amide bonds. The number of carbonyl (C=O) groups excluding carboxylic acids is 1. The molecule has 13 heavy (non-hydrogen) atoms. The van der Waals surface area contributed by atoms with Gasteiger partial charge in [-0.15, -0.1) is 0 Å². The van der Waals surface area contributed by atoms with Gasteiger partial charge in [0.2, 0.25) is 0 Å². The van der Waals surface area contributed by atoms with Crippen molar-refractivity contribution in [2.24, 2.45) is 5.73 Å². The van der Waals surface area contributed by atoms with Crippen molar-refractivity contribution in [1.29, 1.82) is 0 Å². The van der Waals surface area contributed by atoms with Gasteiger partial charge in [0.25, 0.3) is 5.91 Å². The number of carbonyl (C=O) groups is 1. The lowest BCUT2D eigenvalue weighted by molar-refractivity contribution is 0.0995. The molecule has 0 atom stereocenters. The molecule has 0 aliphatic rings. The number of rotatable bonds is 2. The topological polar surface area (TPSA) is 52.3 Å². The first-order valence-electron chi connectivity index (χ1n) is 3.39. The zero-order chi connectivity index (χ0) is 10.0. The van der Waals surface area contributed by atoms with Gasteiger partial charge in [-0.3, -0.25) is 4.79 Å². The van der Waals surface area contributed by atoms with Crippen molar-refractivity contribution in [2.45, 2.75) is 0 Å². The second-order valence-corrected chi connectivity index (χ2v) is 3.46. The van der Waals surface area contributed by atoms with Crippen LogP contribution in [-0.2, 0) is 0 Å². The van der Waals surface area contributed by atoms with Crippen LogP contribution in [0.5, 0.6) is 5.75 Å². The molecule has 1 aromatic carbocycles. The Kier molecular flexibility index (Phi) is 3.07. The zero-order valence-corrected chi connectivity index (χ0v) is 8.96. The van der Waals surface area contributed by atoms with Gasteiger partial charge >= 0.3 is 0 Å². The predicted octanol–water partition coefficient (Wildman–Crippen LogP) is 1.54. The van der Waals surface area contributed by atoms with Crippen LogP contribution in [0.25, 0.3) is 0 Å². The molecule has 1 aromatic rings. The van der Waals surface area contributed by atoms with Gasteiger partial charge in [-0.1, -0.05) is 0 Å². The van der Waals surface area contributed by atoms with E-state index in [1.807, 2.05) is 22.6 Å². The molecule has 0 aromatic heterocycles. The zero-order valence-electron chi connectivity index (χ0n) is 6.80. The largest absolute Gasteiger partial charge is 0.493 e. The summed E-state index contributed by atoms with van der Waals surface area (Å²) in [6.07, 6.45) is 0. The number of methoxy groups -OCH3 is 1. The van der Waals surface area contributed by atoms with Crippen LogP contribution in [0.4, 0.5) is 4.39 Å². The number of halogens is 2. The Balaban J connectivity index is 3.43. The Morgan fingerprint density at radius 2 is 2.23 bits per heavy atom. The minimum atomic E-state index is -0.694. The van der Waals surface area contributed by atoms with Crippen LogP contribution in [0.2, 0.25) is 0 Å². The first-order chi connectivity index (χ1) is 6.07. The summed E-state index contributed by atoms with van der Waals surface area (Å²) in [5, 5.41) is 0. The Bertz CT molecular complexity index is 354. The van der Waals surface area contributed by atoms with E-state index in [1.54, 1.807) is 0 Å². The van der Waals surface area contributed by atoms with E-state index in [-0.39, 0.29) is 11.3 Å². The van der Waals surface area contributed by atoms with Gasteiger partial charge in [0.15, 0.2) is 11.6 Å². The fraction of sp³-hybridized carbons (Fsp3) is 0.125. The van der Waals surface area contributed by atoms with Crippen molar-refractivity contribution in [3.63, 3.8) is 0 Å². The fourth-order valence-corrected chi connectivity index (χ4v) is 1.65. The molecule has 70 valence electrons. The van der Waals surface area contributed by atoms with Crippen LogP contribution in [0.15, 0.2) is 12.1 Å². The number of nitrogens with two attached hydrogens (primary N) is 1. The summed E-state index contributed by atoms with van der Waals surface area (Å²) >= 11 is 1.89. The molecular formula is C8H7FINO2. The average molecular weight is 295 g/mol. The van der Waals surface area contributed by atoms with Crippen molar-refractivity contribution in [3.05, 3.63) is 27.1 Å². The second-order valence-electron chi connectivity index (χ2n) is 2.30. The highest BCUT2D eigenvalue weighted by molar-refractivity contribution is 14.1. The molecule has 5 heteroatoms. The average Bonchev–Trinajstić information content (AvgIpc) is 2.07. The lowest BCUT2D eigenvalue weighted by atomic mass is 10.2. The molecule has 0 aliphatic heterocycles. The molecule has 0 radical (unpaired) electrons. The highest BCUT2D eigenvalue weighted by atomic mass is 127.